The summed E-state index contributed by atoms with van der Waals surface area (Å²) in [5.41, 5.74) is 1.19. The van der Waals surface area contributed by atoms with Gasteiger partial charge in [0.2, 0.25) is 5.91 Å². The Hall–Kier alpha value is -3.00. The molecule has 0 unspecified atom stereocenters. The molecule has 0 bridgehead atoms. The van der Waals surface area contributed by atoms with E-state index in [9.17, 15) is 18.4 Å². The molecule has 1 heterocycles. The average molecular weight is 403 g/mol. The highest BCUT2D eigenvalue weighted by Crippen LogP contribution is 2.20. The molecule has 6 nitrogen and oxygen atoms in total. The lowest BCUT2D eigenvalue weighted by atomic mass is 10.2. The maximum absolute atomic E-state index is 12.5. The molecule has 0 aliphatic carbocycles. The number of alkyl halides is 2. The summed E-state index contributed by atoms with van der Waals surface area (Å²) in [6.45, 7) is 0.261. The number of hydrogen-bond acceptors (Lipinski definition) is 4. The Bertz CT molecular complexity index is 825. The highest BCUT2D eigenvalue weighted by molar-refractivity contribution is 5.98. The summed E-state index contributed by atoms with van der Waals surface area (Å²) in [7, 11) is 0. The standard InChI is InChI=1S/C21H23F2N3O3/c22-21(23)29-18-9-5-4-8-17(18)20(28)24-14-19(27)26-12-10-25(11-13-26)15-16-6-2-1-3-7-16/h1-9,21H,10-15H2,(H,24,28). The summed E-state index contributed by atoms with van der Waals surface area (Å²) >= 11 is 0. The van der Waals surface area contributed by atoms with Crippen LogP contribution in [0.4, 0.5) is 8.78 Å². The van der Waals surface area contributed by atoms with Crippen LogP contribution in [-0.4, -0.2) is 60.9 Å². The number of hydrogen-bond donors (Lipinski definition) is 1. The Labute approximate surface area is 168 Å². The van der Waals surface area contributed by atoms with Crippen molar-refractivity contribution in [3.63, 3.8) is 0 Å². The number of nitrogens with one attached hydrogen (secondary N) is 1. The van der Waals surface area contributed by atoms with Gasteiger partial charge >= 0.3 is 6.61 Å². The maximum Gasteiger partial charge on any atom is 0.387 e. The highest BCUT2D eigenvalue weighted by atomic mass is 19.3. The van der Waals surface area contributed by atoms with Crippen LogP contribution in [0, 0.1) is 0 Å². The lowest BCUT2D eigenvalue weighted by molar-refractivity contribution is -0.131. The molecule has 1 N–H and O–H groups in total. The molecule has 8 heteroatoms. The van der Waals surface area contributed by atoms with Gasteiger partial charge in [0, 0.05) is 32.7 Å². The van der Waals surface area contributed by atoms with Gasteiger partial charge in [0.05, 0.1) is 12.1 Å². The van der Waals surface area contributed by atoms with Crippen LogP contribution in [0.3, 0.4) is 0 Å². The Morgan fingerprint density at radius 1 is 0.966 bits per heavy atom. The average Bonchev–Trinajstić information content (AvgIpc) is 2.73. The van der Waals surface area contributed by atoms with Crippen molar-refractivity contribution < 1.29 is 23.1 Å². The van der Waals surface area contributed by atoms with Gasteiger partial charge in [-0.25, -0.2) is 0 Å². The zero-order valence-electron chi connectivity index (χ0n) is 15.9. The zero-order valence-corrected chi connectivity index (χ0v) is 15.9. The second kappa shape index (κ2) is 9.97. The van der Waals surface area contributed by atoms with E-state index in [0.29, 0.717) is 13.1 Å². The van der Waals surface area contributed by atoms with Crippen LogP contribution in [0.2, 0.25) is 0 Å². The number of nitrogens with zero attached hydrogens (tertiary/aromatic N) is 2. The topological polar surface area (TPSA) is 61.9 Å². The van der Waals surface area contributed by atoms with Crippen LogP contribution in [-0.2, 0) is 11.3 Å². The minimum atomic E-state index is -3.03. The van der Waals surface area contributed by atoms with E-state index in [-0.39, 0.29) is 23.8 Å². The van der Waals surface area contributed by atoms with E-state index in [4.69, 9.17) is 0 Å². The first kappa shape index (κ1) is 20.7. The highest BCUT2D eigenvalue weighted by Gasteiger charge is 2.22. The fraction of sp³-hybridized carbons (Fsp3) is 0.333. The molecule has 2 aromatic rings. The molecule has 1 fully saturated rings. The molecule has 0 saturated carbocycles. The second-order valence-corrected chi connectivity index (χ2v) is 6.70. The Balaban J connectivity index is 1.46. The van der Waals surface area contributed by atoms with Crippen LogP contribution in [0.15, 0.2) is 54.6 Å². The van der Waals surface area contributed by atoms with E-state index in [1.54, 1.807) is 11.0 Å². The number of carbonyl (C=O) groups excluding carboxylic acids is 2. The van der Waals surface area contributed by atoms with E-state index in [2.05, 4.69) is 27.1 Å². The minimum absolute atomic E-state index is 0.0340. The van der Waals surface area contributed by atoms with Crippen LogP contribution in [0.1, 0.15) is 15.9 Å². The van der Waals surface area contributed by atoms with Crippen LogP contribution in [0.5, 0.6) is 5.75 Å². The fourth-order valence-corrected chi connectivity index (χ4v) is 3.21. The van der Waals surface area contributed by atoms with Crippen molar-refractivity contribution in [3.8, 4) is 5.75 Å². The predicted molar refractivity (Wildman–Crippen MR) is 104 cm³/mol. The Morgan fingerprint density at radius 3 is 2.31 bits per heavy atom. The van der Waals surface area contributed by atoms with Gasteiger partial charge in [0.25, 0.3) is 5.91 Å². The Kier molecular flexibility index (Phi) is 7.13. The summed E-state index contributed by atoms with van der Waals surface area (Å²) < 4.78 is 29.3. The molecule has 29 heavy (non-hydrogen) atoms. The normalized spacial score (nSPS) is 14.7. The molecular weight excluding hydrogens is 380 g/mol. The van der Waals surface area contributed by atoms with E-state index in [0.717, 1.165) is 19.6 Å². The van der Waals surface area contributed by atoms with Crippen molar-refractivity contribution in [2.45, 2.75) is 13.2 Å². The van der Waals surface area contributed by atoms with Gasteiger partial charge in [-0.3, -0.25) is 14.5 Å². The molecule has 1 aliphatic rings. The number of amides is 2. The largest absolute Gasteiger partial charge is 0.434 e. The fourth-order valence-electron chi connectivity index (χ4n) is 3.21. The molecule has 0 aromatic heterocycles. The maximum atomic E-state index is 12.5. The number of para-hydroxylation sites is 1. The zero-order chi connectivity index (χ0) is 20.6. The number of carbonyl (C=O) groups is 2. The van der Waals surface area contributed by atoms with Crippen molar-refractivity contribution >= 4 is 11.8 Å². The van der Waals surface area contributed by atoms with Crippen LogP contribution < -0.4 is 10.1 Å². The summed E-state index contributed by atoms with van der Waals surface area (Å²) in [6.07, 6.45) is 0. The number of halogens is 2. The molecule has 154 valence electrons. The van der Waals surface area contributed by atoms with Crippen molar-refractivity contribution in [1.29, 1.82) is 0 Å². The number of benzene rings is 2. The van der Waals surface area contributed by atoms with Crippen molar-refractivity contribution in [3.05, 3.63) is 65.7 Å². The van der Waals surface area contributed by atoms with E-state index in [1.165, 1.54) is 23.8 Å². The minimum Gasteiger partial charge on any atom is -0.434 e. The SMILES string of the molecule is O=C(NCC(=O)N1CCN(Cc2ccccc2)CC1)c1ccccc1OC(F)F. The second-order valence-electron chi connectivity index (χ2n) is 6.70. The third-order valence-electron chi connectivity index (χ3n) is 4.72. The molecule has 2 amide bonds. The first-order valence-electron chi connectivity index (χ1n) is 9.39. The molecule has 1 saturated heterocycles. The van der Waals surface area contributed by atoms with Gasteiger partial charge in [-0.2, -0.15) is 8.78 Å². The molecule has 0 radical (unpaired) electrons. The molecule has 1 aliphatic heterocycles. The van der Waals surface area contributed by atoms with Crippen LogP contribution in [0.25, 0.3) is 0 Å². The number of piperazine rings is 1. The lowest BCUT2D eigenvalue weighted by Crippen LogP contribution is -2.50. The molecule has 0 atom stereocenters. The van der Waals surface area contributed by atoms with E-state index < -0.39 is 12.5 Å². The van der Waals surface area contributed by atoms with E-state index >= 15 is 0 Å². The van der Waals surface area contributed by atoms with E-state index in [1.807, 2.05) is 18.2 Å². The van der Waals surface area contributed by atoms with Gasteiger partial charge in [0.15, 0.2) is 0 Å². The smallest absolute Gasteiger partial charge is 0.387 e. The van der Waals surface area contributed by atoms with Crippen molar-refractivity contribution in [2.75, 3.05) is 32.7 Å². The first-order valence-corrected chi connectivity index (χ1v) is 9.39. The number of rotatable bonds is 7. The third-order valence-corrected chi connectivity index (χ3v) is 4.72. The van der Waals surface area contributed by atoms with Gasteiger partial charge in [-0.1, -0.05) is 42.5 Å². The molecule has 3 rings (SSSR count). The van der Waals surface area contributed by atoms with Gasteiger partial charge in [0.1, 0.15) is 5.75 Å². The summed E-state index contributed by atoms with van der Waals surface area (Å²) in [4.78, 5) is 28.6. The lowest BCUT2D eigenvalue weighted by Gasteiger charge is -2.34. The third kappa shape index (κ3) is 5.99. The van der Waals surface area contributed by atoms with Crippen molar-refractivity contribution in [1.82, 2.24) is 15.1 Å². The van der Waals surface area contributed by atoms with Gasteiger partial charge in [-0.15, -0.1) is 0 Å². The van der Waals surface area contributed by atoms with Gasteiger partial charge < -0.3 is 15.0 Å². The number of ether oxygens (including phenoxy) is 1. The quantitative estimate of drug-likeness (QED) is 0.771. The summed E-state index contributed by atoms with van der Waals surface area (Å²) in [6, 6.07) is 15.8. The summed E-state index contributed by atoms with van der Waals surface area (Å²) in [5, 5.41) is 2.49. The van der Waals surface area contributed by atoms with Gasteiger partial charge in [-0.05, 0) is 17.7 Å². The predicted octanol–water partition coefficient (Wildman–Crippen LogP) is 2.36. The molecule has 0 spiro atoms. The molecule has 2 aromatic carbocycles. The van der Waals surface area contributed by atoms with Crippen LogP contribution >= 0.6 is 0 Å². The van der Waals surface area contributed by atoms with Crippen molar-refractivity contribution in [2.24, 2.45) is 0 Å². The molecular formula is C21H23F2N3O3. The Morgan fingerprint density at radius 2 is 1.62 bits per heavy atom. The summed E-state index contributed by atoms with van der Waals surface area (Å²) in [5.74, 6) is -1.05. The monoisotopic (exact) mass is 403 g/mol. The first-order chi connectivity index (χ1) is 14.0.